The summed E-state index contributed by atoms with van der Waals surface area (Å²) < 4.78 is 19.7. The van der Waals surface area contributed by atoms with Gasteiger partial charge in [-0.2, -0.15) is 0 Å². The van der Waals surface area contributed by atoms with Gasteiger partial charge in [0.1, 0.15) is 24.5 Å². The standard InChI is InChI=1S/C28H30FNO3/c1-20(2)16-27(23-8-6-10-24(29)18-23)30-28(32)26-17-21(13-14-22(26)9-7-15-31)19-33-25-11-4-3-5-12-25/h3-6,8,10-15,17-18,20,27H,7,9,16,19H2,1-2H3,(H,30,32). The van der Waals surface area contributed by atoms with Gasteiger partial charge in [-0.05, 0) is 65.8 Å². The number of carbonyl (C=O) groups excluding carboxylic acids is 2. The maximum absolute atomic E-state index is 13.8. The number of ether oxygens (including phenoxy) is 1. The van der Waals surface area contributed by atoms with E-state index in [-0.39, 0.29) is 17.8 Å². The number of nitrogens with one attached hydrogen (secondary N) is 1. The number of hydrogen-bond acceptors (Lipinski definition) is 3. The zero-order valence-electron chi connectivity index (χ0n) is 19.1. The second kappa shape index (κ2) is 12.0. The van der Waals surface area contributed by atoms with Crippen molar-refractivity contribution in [3.8, 4) is 5.75 Å². The van der Waals surface area contributed by atoms with E-state index in [9.17, 15) is 14.0 Å². The quantitative estimate of drug-likeness (QED) is 0.364. The molecule has 33 heavy (non-hydrogen) atoms. The number of aryl methyl sites for hydroxylation is 1. The smallest absolute Gasteiger partial charge is 0.252 e. The molecule has 1 amide bonds. The van der Waals surface area contributed by atoms with Crippen LogP contribution in [0.3, 0.4) is 0 Å². The Morgan fingerprint density at radius 3 is 2.52 bits per heavy atom. The Morgan fingerprint density at radius 1 is 1.03 bits per heavy atom. The third-order valence-electron chi connectivity index (χ3n) is 5.36. The highest BCUT2D eigenvalue weighted by Crippen LogP contribution is 2.24. The lowest BCUT2D eigenvalue weighted by Crippen LogP contribution is -2.30. The first-order chi connectivity index (χ1) is 16.0. The first kappa shape index (κ1) is 24.2. The molecule has 0 aliphatic carbocycles. The minimum absolute atomic E-state index is 0.243. The van der Waals surface area contributed by atoms with E-state index in [2.05, 4.69) is 19.2 Å². The molecule has 0 spiro atoms. The minimum atomic E-state index is -0.331. The van der Waals surface area contributed by atoms with Crippen LogP contribution >= 0.6 is 0 Å². The summed E-state index contributed by atoms with van der Waals surface area (Å²) in [5.41, 5.74) is 2.89. The van der Waals surface area contributed by atoms with E-state index in [0.29, 0.717) is 37.4 Å². The fraction of sp³-hybridized carbons (Fsp3) is 0.286. The summed E-state index contributed by atoms with van der Waals surface area (Å²) in [5, 5.41) is 3.09. The van der Waals surface area contributed by atoms with Crippen LogP contribution in [0.15, 0.2) is 72.8 Å². The van der Waals surface area contributed by atoms with E-state index in [4.69, 9.17) is 4.74 Å². The van der Waals surface area contributed by atoms with Gasteiger partial charge in [0.2, 0.25) is 0 Å². The molecule has 172 valence electrons. The van der Waals surface area contributed by atoms with Crippen molar-refractivity contribution >= 4 is 12.2 Å². The summed E-state index contributed by atoms with van der Waals surface area (Å²) >= 11 is 0. The van der Waals surface area contributed by atoms with Crippen molar-refractivity contribution in [3.63, 3.8) is 0 Å². The molecular weight excluding hydrogens is 417 g/mol. The first-order valence-electron chi connectivity index (χ1n) is 11.3. The van der Waals surface area contributed by atoms with E-state index in [0.717, 1.165) is 28.7 Å². The molecule has 0 fully saturated rings. The lowest BCUT2D eigenvalue weighted by molar-refractivity contribution is -0.107. The maximum Gasteiger partial charge on any atom is 0.252 e. The highest BCUT2D eigenvalue weighted by Gasteiger charge is 2.20. The summed E-state index contributed by atoms with van der Waals surface area (Å²) in [5.74, 6) is 0.477. The lowest BCUT2D eigenvalue weighted by Gasteiger charge is -2.22. The second-order valence-electron chi connectivity index (χ2n) is 8.51. The molecule has 3 aromatic rings. The topological polar surface area (TPSA) is 55.4 Å². The number of benzene rings is 3. The van der Waals surface area contributed by atoms with Crippen molar-refractivity contribution in [2.45, 2.75) is 45.8 Å². The van der Waals surface area contributed by atoms with E-state index < -0.39 is 0 Å². The SMILES string of the molecule is CC(C)CC(NC(=O)c1cc(COc2ccccc2)ccc1CCC=O)c1cccc(F)c1. The molecule has 5 heteroatoms. The molecular formula is C28H30FNO3. The first-order valence-corrected chi connectivity index (χ1v) is 11.3. The number of halogens is 1. The zero-order valence-corrected chi connectivity index (χ0v) is 19.1. The molecule has 1 atom stereocenters. The number of rotatable bonds is 11. The fourth-order valence-electron chi connectivity index (χ4n) is 3.75. The van der Waals surface area contributed by atoms with Crippen LogP contribution in [0.5, 0.6) is 5.75 Å². The van der Waals surface area contributed by atoms with Gasteiger partial charge in [0, 0.05) is 12.0 Å². The van der Waals surface area contributed by atoms with Gasteiger partial charge in [0.25, 0.3) is 5.91 Å². The summed E-state index contributed by atoms with van der Waals surface area (Å²) in [4.78, 5) is 24.3. The molecule has 0 saturated carbocycles. The third-order valence-corrected chi connectivity index (χ3v) is 5.36. The Kier molecular flexibility index (Phi) is 8.76. The van der Waals surface area contributed by atoms with Gasteiger partial charge in [-0.15, -0.1) is 0 Å². The van der Waals surface area contributed by atoms with Gasteiger partial charge in [0.15, 0.2) is 0 Å². The van der Waals surface area contributed by atoms with Crippen molar-refractivity contribution in [3.05, 3.63) is 101 Å². The predicted octanol–water partition coefficient (Wildman–Crippen LogP) is 6.05. The molecule has 1 unspecified atom stereocenters. The maximum atomic E-state index is 13.8. The second-order valence-corrected chi connectivity index (χ2v) is 8.51. The van der Waals surface area contributed by atoms with Crippen molar-refractivity contribution in [2.24, 2.45) is 5.92 Å². The summed E-state index contributed by atoms with van der Waals surface area (Å²) in [7, 11) is 0. The molecule has 4 nitrogen and oxygen atoms in total. The highest BCUT2D eigenvalue weighted by atomic mass is 19.1. The normalized spacial score (nSPS) is 11.8. The van der Waals surface area contributed by atoms with Crippen LogP contribution in [-0.2, 0) is 17.8 Å². The Morgan fingerprint density at radius 2 is 1.82 bits per heavy atom. The molecule has 3 rings (SSSR count). The molecule has 0 saturated heterocycles. The number of hydrogen-bond donors (Lipinski definition) is 1. The summed E-state index contributed by atoms with van der Waals surface area (Å²) in [6.07, 6.45) is 2.33. The summed E-state index contributed by atoms with van der Waals surface area (Å²) in [6.45, 7) is 4.45. The third kappa shape index (κ3) is 7.28. The van der Waals surface area contributed by atoms with Crippen LogP contribution in [0.1, 0.15) is 59.8 Å². The Balaban J connectivity index is 1.84. The van der Waals surface area contributed by atoms with Crippen LogP contribution in [0.2, 0.25) is 0 Å². The average Bonchev–Trinajstić information content (AvgIpc) is 2.81. The largest absolute Gasteiger partial charge is 0.489 e. The van der Waals surface area contributed by atoms with Crippen LogP contribution < -0.4 is 10.1 Å². The zero-order chi connectivity index (χ0) is 23.6. The van der Waals surface area contributed by atoms with Crippen LogP contribution in [-0.4, -0.2) is 12.2 Å². The highest BCUT2D eigenvalue weighted by molar-refractivity contribution is 5.96. The molecule has 3 aromatic carbocycles. The van der Waals surface area contributed by atoms with E-state index in [1.54, 1.807) is 6.07 Å². The number of aldehydes is 1. The molecule has 1 N–H and O–H groups in total. The van der Waals surface area contributed by atoms with Gasteiger partial charge in [0.05, 0.1) is 6.04 Å². The van der Waals surface area contributed by atoms with E-state index >= 15 is 0 Å². The lowest BCUT2D eigenvalue weighted by atomic mass is 9.95. The van der Waals surface area contributed by atoms with Gasteiger partial charge in [-0.3, -0.25) is 4.79 Å². The van der Waals surface area contributed by atoms with Gasteiger partial charge < -0.3 is 14.8 Å². The van der Waals surface area contributed by atoms with Crippen LogP contribution in [0, 0.1) is 11.7 Å². The average molecular weight is 448 g/mol. The molecule has 0 radical (unpaired) electrons. The van der Waals surface area contributed by atoms with Crippen molar-refractivity contribution in [1.82, 2.24) is 5.32 Å². The summed E-state index contributed by atoms with van der Waals surface area (Å²) in [6, 6.07) is 21.1. The van der Waals surface area contributed by atoms with E-state index in [1.165, 1.54) is 12.1 Å². The van der Waals surface area contributed by atoms with Crippen LogP contribution in [0.4, 0.5) is 4.39 Å². The number of para-hydroxylation sites is 1. The van der Waals surface area contributed by atoms with E-state index in [1.807, 2.05) is 54.6 Å². The fourth-order valence-corrected chi connectivity index (χ4v) is 3.75. The van der Waals surface area contributed by atoms with Gasteiger partial charge in [-0.25, -0.2) is 4.39 Å². The Bertz CT molecular complexity index is 1070. The van der Waals surface area contributed by atoms with Gasteiger partial charge in [-0.1, -0.05) is 56.3 Å². The molecule has 0 bridgehead atoms. The molecule has 0 aliphatic heterocycles. The Hall–Kier alpha value is -3.47. The number of carbonyl (C=O) groups is 2. The Labute approximate surface area is 194 Å². The minimum Gasteiger partial charge on any atom is -0.489 e. The van der Waals surface area contributed by atoms with Crippen molar-refractivity contribution < 1.29 is 18.7 Å². The van der Waals surface area contributed by atoms with Crippen LogP contribution in [0.25, 0.3) is 0 Å². The molecule has 0 heterocycles. The van der Waals surface area contributed by atoms with Gasteiger partial charge >= 0.3 is 0 Å². The van der Waals surface area contributed by atoms with Crippen molar-refractivity contribution in [2.75, 3.05) is 0 Å². The van der Waals surface area contributed by atoms with Crippen molar-refractivity contribution in [1.29, 1.82) is 0 Å². The molecule has 0 aliphatic rings. The number of amides is 1. The molecule has 0 aromatic heterocycles. The predicted molar refractivity (Wildman–Crippen MR) is 128 cm³/mol. The monoisotopic (exact) mass is 447 g/mol.